The highest BCUT2D eigenvalue weighted by Gasteiger charge is 2.16. The summed E-state index contributed by atoms with van der Waals surface area (Å²) >= 11 is 1.87. The molecule has 1 rings (SSSR count). The SMILES string of the molecule is CCCCOc1c(I)cc(F)cc1C(=O)O. The zero-order valence-electron chi connectivity index (χ0n) is 8.80. The standard InChI is InChI=1S/C11H12FIO3/c1-2-3-4-16-10-8(11(14)15)5-7(12)6-9(10)13/h5-6H,2-4H2,1H3,(H,14,15). The number of unbranched alkanes of at least 4 members (excludes halogenated alkanes) is 1. The molecule has 0 saturated carbocycles. The number of ether oxygens (including phenoxy) is 1. The van der Waals surface area contributed by atoms with E-state index in [0.29, 0.717) is 10.2 Å². The van der Waals surface area contributed by atoms with Gasteiger partial charge in [0.25, 0.3) is 0 Å². The van der Waals surface area contributed by atoms with Gasteiger partial charge in [-0.1, -0.05) is 13.3 Å². The van der Waals surface area contributed by atoms with Crippen LogP contribution in [0, 0.1) is 9.39 Å². The number of aromatic carboxylic acids is 1. The van der Waals surface area contributed by atoms with Crippen LogP contribution in [0.3, 0.4) is 0 Å². The zero-order valence-corrected chi connectivity index (χ0v) is 11.0. The summed E-state index contributed by atoms with van der Waals surface area (Å²) in [6.07, 6.45) is 1.80. The Hall–Kier alpha value is -0.850. The Morgan fingerprint density at radius 1 is 1.56 bits per heavy atom. The number of halogens is 2. The largest absolute Gasteiger partial charge is 0.492 e. The number of hydrogen-bond donors (Lipinski definition) is 1. The first-order chi connectivity index (χ1) is 7.56. The number of carbonyl (C=O) groups is 1. The zero-order chi connectivity index (χ0) is 12.1. The maximum atomic E-state index is 13.0. The summed E-state index contributed by atoms with van der Waals surface area (Å²) < 4.78 is 18.9. The van der Waals surface area contributed by atoms with Crippen molar-refractivity contribution in [3.05, 3.63) is 27.1 Å². The van der Waals surface area contributed by atoms with Crippen molar-refractivity contribution in [1.82, 2.24) is 0 Å². The van der Waals surface area contributed by atoms with E-state index in [9.17, 15) is 9.18 Å². The third-order valence-electron chi connectivity index (χ3n) is 1.98. The van der Waals surface area contributed by atoms with Gasteiger partial charge in [-0.2, -0.15) is 0 Å². The van der Waals surface area contributed by atoms with Crippen molar-refractivity contribution in [2.75, 3.05) is 6.61 Å². The minimum Gasteiger partial charge on any atom is -0.492 e. The summed E-state index contributed by atoms with van der Waals surface area (Å²) in [7, 11) is 0. The van der Waals surface area contributed by atoms with Crippen LogP contribution in [0.15, 0.2) is 12.1 Å². The smallest absolute Gasteiger partial charge is 0.339 e. The third-order valence-corrected chi connectivity index (χ3v) is 2.78. The first-order valence-corrected chi connectivity index (χ1v) is 5.99. The molecule has 0 aliphatic carbocycles. The molecule has 0 aliphatic heterocycles. The van der Waals surface area contributed by atoms with Crippen molar-refractivity contribution in [2.45, 2.75) is 19.8 Å². The van der Waals surface area contributed by atoms with Gasteiger partial charge in [-0.3, -0.25) is 0 Å². The minimum absolute atomic E-state index is 0.125. The normalized spacial score (nSPS) is 10.2. The summed E-state index contributed by atoms with van der Waals surface area (Å²) in [5.74, 6) is -1.49. The second-order valence-corrected chi connectivity index (χ2v) is 4.43. The predicted octanol–water partition coefficient (Wildman–Crippen LogP) is 3.31. The van der Waals surface area contributed by atoms with E-state index in [4.69, 9.17) is 9.84 Å². The maximum Gasteiger partial charge on any atom is 0.339 e. The van der Waals surface area contributed by atoms with E-state index in [0.717, 1.165) is 18.9 Å². The van der Waals surface area contributed by atoms with E-state index in [2.05, 4.69) is 0 Å². The van der Waals surface area contributed by atoms with Crippen molar-refractivity contribution in [2.24, 2.45) is 0 Å². The van der Waals surface area contributed by atoms with Gasteiger partial charge in [-0.25, -0.2) is 9.18 Å². The number of rotatable bonds is 5. The highest BCUT2D eigenvalue weighted by atomic mass is 127. The number of hydrogen-bond acceptors (Lipinski definition) is 2. The van der Waals surface area contributed by atoms with Gasteiger partial charge in [0.15, 0.2) is 0 Å². The first kappa shape index (κ1) is 13.2. The summed E-state index contributed by atoms with van der Waals surface area (Å²) in [6, 6.07) is 2.24. The van der Waals surface area contributed by atoms with E-state index in [1.807, 2.05) is 29.5 Å². The van der Waals surface area contributed by atoms with Gasteiger partial charge in [0.05, 0.1) is 10.2 Å². The van der Waals surface area contributed by atoms with Crippen LogP contribution in [-0.4, -0.2) is 17.7 Å². The quantitative estimate of drug-likeness (QED) is 0.662. The molecule has 0 radical (unpaired) electrons. The number of carboxylic acids is 1. The summed E-state index contributed by atoms with van der Waals surface area (Å²) in [5, 5.41) is 8.92. The molecule has 0 aliphatic rings. The van der Waals surface area contributed by atoms with E-state index in [-0.39, 0.29) is 11.3 Å². The fraction of sp³-hybridized carbons (Fsp3) is 0.364. The molecule has 5 heteroatoms. The van der Waals surface area contributed by atoms with Gasteiger partial charge in [0.1, 0.15) is 17.1 Å². The average Bonchev–Trinajstić information content (AvgIpc) is 2.20. The number of benzene rings is 1. The highest BCUT2D eigenvalue weighted by Crippen LogP contribution is 2.27. The molecule has 0 unspecified atom stereocenters. The molecule has 1 aromatic rings. The Bertz CT molecular complexity index is 393. The highest BCUT2D eigenvalue weighted by molar-refractivity contribution is 14.1. The predicted molar refractivity (Wildman–Crippen MR) is 66.5 cm³/mol. The Morgan fingerprint density at radius 2 is 2.25 bits per heavy atom. The van der Waals surface area contributed by atoms with Crippen molar-refractivity contribution in [3.8, 4) is 5.75 Å². The fourth-order valence-corrected chi connectivity index (χ4v) is 1.93. The summed E-state index contributed by atoms with van der Waals surface area (Å²) in [4.78, 5) is 10.9. The molecule has 0 atom stereocenters. The van der Waals surface area contributed by atoms with Crippen LogP contribution in [0.2, 0.25) is 0 Å². The lowest BCUT2D eigenvalue weighted by Crippen LogP contribution is -2.06. The lowest BCUT2D eigenvalue weighted by atomic mass is 10.2. The molecule has 1 aromatic carbocycles. The molecule has 88 valence electrons. The lowest BCUT2D eigenvalue weighted by molar-refractivity contribution is 0.0691. The second-order valence-electron chi connectivity index (χ2n) is 3.27. The van der Waals surface area contributed by atoms with Crippen LogP contribution < -0.4 is 4.74 Å². The van der Waals surface area contributed by atoms with Crippen LogP contribution in [0.25, 0.3) is 0 Å². The molecule has 1 N–H and O–H groups in total. The van der Waals surface area contributed by atoms with Crippen molar-refractivity contribution >= 4 is 28.6 Å². The fourth-order valence-electron chi connectivity index (χ4n) is 1.18. The average molecular weight is 338 g/mol. The van der Waals surface area contributed by atoms with Crippen LogP contribution >= 0.6 is 22.6 Å². The van der Waals surface area contributed by atoms with E-state index in [1.165, 1.54) is 6.07 Å². The number of carboxylic acid groups (broad SMARTS) is 1. The van der Waals surface area contributed by atoms with Gasteiger partial charge >= 0.3 is 5.97 Å². The summed E-state index contributed by atoms with van der Waals surface area (Å²) in [6.45, 7) is 2.45. The molecular formula is C11H12FIO3. The van der Waals surface area contributed by atoms with Crippen molar-refractivity contribution < 1.29 is 19.0 Å². The van der Waals surface area contributed by atoms with E-state index < -0.39 is 11.8 Å². The van der Waals surface area contributed by atoms with Gasteiger partial charge in [-0.05, 0) is 41.1 Å². The Kier molecular flexibility index (Phi) is 4.98. The molecule has 0 fully saturated rings. The lowest BCUT2D eigenvalue weighted by Gasteiger charge is -2.10. The molecule has 0 bridgehead atoms. The Labute approximate surface area is 107 Å². The van der Waals surface area contributed by atoms with Gasteiger partial charge < -0.3 is 9.84 Å². The van der Waals surface area contributed by atoms with Gasteiger partial charge in [0.2, 0.25) is 0 Å². The second kappa shape index (κ2) is 6.03. The molecule has 3 nitrogen and oxygen atoms in total. The molecule has 16 heavy (non-hydrogen) atoms. The Balaban J connectivity index is 2.99. The molecule has 0 saturated heterocycles. The maximum absolute atomic E-state index is 13.0. The first-order valence-electron chi connectivity index (χ1n) is 4.91. The van der Waals surface area contributed by atoms with Crippen LogP contribution in [0.1, 0.15) is 30.1 Å². The van der Waals surface area contributed by atoms with Gasteiger partial charge in [-0.15, -0.1) is 0 Å². The molecule has 0 amide bonds. The minimum atomic E-state index is -1.18. The topological polar surface area (TPSA) is 46.5 Å². The van der Waals surface area contributed by atoms with Crippen LogP contribution in [0.4, 0.5) is 4.39 Å². The third kappa shape index (κ3) is 3.33. The van der Waals surface area contributed by atoms with Crippen LogP contribution in [-0.2, 0) is 0 Å². The Morgan fingerprint density at radius 3 is 2.81 bits per heavy atom. The van der Waals surface area contributed by atoms with Crippen molar-refractivity contribution in [3.63, 3.8) is 0 Å². The van der Waals surface area contributed by atoms with E-state index >= 15 is 0 Å². The van der Waals surface area contributed by atoms with Gasteiger partial charge in [0, 0.05) is 0 Å². The molecular weight excluding hydrogens is 326 g/mol. The van der Waals surface area contributed by atoms with Crippen molar-refractivity contribution in [1.29, 1.82) is 0 Å². The molecule has 0 heterocycles. The molecule has 0 spiro atoms. The van der Waals surface area contributed by atoms with E-state index in [1.54, 1.807) is 0 Å². The monoisotopic (exact) mass is 338 g/mol. The van der Waals surface area contributed by atoms with Crippen LogP contribution in [0.5, 0.6) is 5.75 Å². The molecule has 0 aromatic heterocycles. The summed E-state index contributed by atoms with van der Waals surface area (Å²) in [5.41, 5.74) is -0.125.